The number of nitrogens with one attached hydrogen (secondary N) is 2. The van der Waals surface area contributed by atoms with Gasteiger partial charge in [-0.2, -0.15) is 0 Å². The van der Waals surface area contributed by atoms with Crippen molar-refractivity contribution in [1.29, 1.82) is 0 Å². The molecule has 2 N–H and O–H groups in total. The summed E-state index contributed by atoms with van der Waals surface area (Å²) < 4.78 is 23.3. The van der Waals surface area contributed by atoms with Gasteiger partial charge < -0.3 is 10.6 Å². The molecule has 1 saturated heterocycles. The Hall–Kier alpha value is -1.56. The zero-order valence-electron chi connectivity index (χ0n) is 15.3. The van der Waals surface area contributed by atoms with E-state index in [-0.39, 0.29) is 17.5 Å². The molecule has 0 spiro atoms. The minimum atomic E-state index is -2.88. The third-order valence-electron chi connectivity index (χ3n) is 5.03. The molecule has 0 bridgehead atoms. The second-order valence-electron chi connectivity index (χ2n) is 7.48. The maximum Gasteiger partial charge on any atom is 0.191 e. The van der Waals surface area contributed by atoms with Crippen molar-refractivity contribution in [3.8, 4) is 0 Å². The van der Waals surface area contributed by atoms with Crippen LogP contribution in [-0.4, -0.2) is 44.5 Å². The summed E-state index contributed by atoms with van der Waals surface area (Å²) in [4.78, 5) is 4.48. The largest absolute Gasteiger partial charge is 0.353 e. The molecule has 1 aliphatic carbocycles. The molecular weight excluding hydrogens is 334 g/mol. The SMILES string of the molecule is CCN=C(NC1CCS(=O)(=O)C1)NC1CC1c1ccc(C(C)C)cc1. The van der Waals surface area contributed by atoms with E-state index < -0.39 is 9.84 Å². The Bertz CT molecular complexity index is 726. The van der Waals surface area contributed by atoms with E-state index in [2.05, 4.69) is 53.7 Å². The standard InChI is InChI=1S/C19H29N3O2S/c1-4-20-19(21-16-9-10-25(23,24)12-16)22-18-11-17(18)15-7-5-14(6-8-15)13(2)3/h5-8,13,16-18H,4,9-12H2,1-3H3,(H2,20,21,22). The van der Waals surface area contributed by atoms with Crippen molar-refractivity contribution in [2.45, 2.75) is 57.5 Å². The zero-order valence-corrected chi connectivity index (χ0v) is 16.1. The van der Waals surface area contributed by atoms with Gasteiger partial charge in [-0.25, -0.2) is 8.42 Å². The molecule has 1 aliphatic heterocycles. The van der Waals surface area contributed by atoms with E-state index in [1.165, 1.54) is 11.1 Å². The first-order chi connectivity index (χ1) is 11.9. The van der Waals surface area contributed by atoms with Gasteiger partial charge in [0.25, 0.3) is 0 Å². The molecule has 5 nitrogen and oxygen atoms in total. The van der Waals surface area contributed by atoms with Crippen molar-refractivity contribution < 1.29 is 8.42 Å². The van der Waals surface area contributed by atoms with Gasteiger partial charge in [0.2, 0.25) is 0 Å². The van der Waals surface area contributed by atoms with E-state index in [0.717, 1.165) is 12.4 Å². The second-order valence-corrected chi connectivity index (χ2v) is 9.71. The van der Waals surface area contributed by atoms with Crippen molar-refractivity contribution in [2.75, 3.05) is 18.1 Å². The van der Waals surface area contributed by atoms with Gasteiger partial charge in [-0.1, -0.05) is 38.1 Å². The zero-order chi connectivity index (χ0) is 18.0. The molecule has 1 heterocycles. The van der Waals surface area contributed by atoms with Crippen LogP contribution >= 0.6 is 0 Å². The van der Waals surface area contributed by atoms with Gasteiger partial charge >= 0.3 is 0 Å². The number of guanidine groups is 1. The highest BCUT2D eigenvalue weighted by Gasteiger charge is 2.39. The Morgan fingerprint density at radius 3 is 2.52 bits per heavy atom. The van der Waals surface area contributed by atoms with Crippen LogP contribution in [0.5, 0.6) is 0 Å². The Morgan fingerprint density at radius 1 is 1.24 bits per heavy atom. The molecule has 2 fully saturated rings. The molecule has 1 aromatic carbocycles. The molecular formula is C19H29N3O2S. The predicted molar refractivity (Wildman–Crippen MR) is 103 cm³/mol. The Labute approximate surface area is 151 Å². The fourth-order valence-electron chi connectivity index (χ4n) is 3.42. The van der Waals surface area contributed by atoms with E-state index in [4.69, 9.17) is 0 Å². The van der Waals surface area contributed by atoms with Crippen LogP contribution in [-0.2, 0) is 9.84 Å². The average Bonchev–Trinajstić information content (AvgIpc) is 3.23. The van der Waals surface area contributed by atoms with E-state index in [0.29, 0.717) is 30.8 Å². The molecule has 138 valence electrons. The highest BCUT2D eigenvalue weighted by molar-refractivity contribution is 7.91. The van der Waals surface area contributed by atoms with Gasteiger partial charge in [0.05, 0.1) is 11.5 Å². The lowest BCUT2D eigenvalue weighted by Crippen LogP contribution is -2.45. The number of hydrogen-bond donors (Lipinski definition) is 2. The van der Waals surface area contributed by atoms with Gasteiger partial charge in [0, 0.05) is 24.5 Å². The van der Waals surface area contributed by atoms with Crippen LogP contribution in [0.2, 0.25) is 0 Å². The van der Waals surface area contributed by atoms with E-state index in [9.17, 15) is 8.42 Å². The molecule has 1 saturated carbocycles. The summed E-state index contributed by atoms with van der Waals surface area (Å²) in [6.45, 7) is 7.08. The van der Waals surface area contributed by atoms with Gasteiger partial charge in [0.15, 0.2) is 15.8 Å². The van der Waals surface area contributed by atoms with Gasteiger partial charge in [-0.05, 0) is 36.8 Å². The maximum atomic E-state index is 11.6. The fourth-order valence-corrected chi connectivity index (χ4v) is 5.09. The summed E-state index contributed by atoms with van der Waals surface area (Å²) in [5.41, 5.74) is 2.73. The Kier molecular flexibility index (Phi) is 5.37. The van der Waals surface area contributed by atoms with E-state index >= 15 is 0 Å². The molecule has 25 heavy (non-hydrogen) atoms. The highest BCUT2D eigenvalue weighted by atomic mass is 32.2. The van der Waals surface area contributed by atoms with Crippen LogP contribution in [0.15, 0.2) is 29.3 Å². The molecule has 0 radical (unpaired) electrons. The molecule has 3 rings (SSSR count). The lowest BCUT2D eigenvalue weighted by atomic mass is 10.0. The lowest BCUT2D eigenvalue weighted by Gasteiger charge is -2.16. The van der Waals surface area contributed by atoms with Crippen LogP contribution in [0.3, 0.4) is 0 Å². The van der Waals surface area contributed by atoms with Crippen molar-refractivity contribution >= 4 is 15.8 Å². The summed E-state index contributed by atoms with van der Waals surface area (Å²) in [5.74, 6) is 2.30. The fraction of sp³-hybridized carbons (Fsp3) is 0.632. The summed E-state index contributed by atoms with van der Waals surface area (Å²) in [7, 11) is -2.88. The first-order valence-electron chi connectivity index (χ1n) is 9.25. The number of nitrogens with zero attached hydrogens (tertiary/aromatic N) is 1. The van der Waals surface area contributed by atoms with Crippen LogP contribution in [0, 0.1) is 0 Å². The van der Waals surface area contributed by atoms with Gasteiger partial charge in [-0.3, -0.25) is 4.99 Å². The topological polar surface area (TPSA) is 70.6 Å². The number of aliphatic imine (C=N–C) groups is 1. The Morgan fingerprint density at radius 2 is 1.96 bits per heavy atom. The molecule has 2 aliphatic rings. The molecule has 0 amide bonds. The third kappa shape index (κ3) is 4.75. The molecule has 3 unspecified atom stereocenters. The molecule has 6 heteroatoms. The summed E-state index contributed by atoms with van der Waals surface area (Å²) >= 11 is 0. The van der Waals surface area contributed by atoms with Gasteiger partial charge in [0.1, 0.15) is 0 Å². The Balaban J connectivity index is 1.56. The minimum absolute atomic E-state index is 0.0228. The smallest absolute Gasteiger partial charge is 0.191 e. The first-order valence-corrected chi connectivity index (χ1v) is 11.1. The monoisotopic (exact) mass is 363 g/mol. The van der Waals surface area contributed by atoms with Crippen LogP contribution in [0.25, 0.3) is 0 Å². The summed E-state index contributed by atoms with van der Waals surface area (Å²) in [6.07, 6.45) is 1.76. The number of benzene rings is 1. The maximum absolute atomic E-state index is 11.6. The van der Waals surface area contributed by atoms with Crippen LogP contribution in [0.1, 0.15) is 56.6 Å². The number of sulfone groups is 1. The quantitative estimate of drug-likeness (QED) is 0.623. The summed E-state index contributed by atoms with van der Waals surface area (Å²) in [5, 5.41) is 6.78. The van der Waals surface area contributed by atoms with Crippen molar-refractivity contribution in [2.24, 2.45) is 4.99 Å². The molecule has 0 aromatic heterocycles. The number of hydrogen-bond acceptors (Lipinski definition) is 3. The van der Waals surface area contributed by atoms with E-state index in [1.54, 1.807) is 0 Å². The van der Waals surface area contributed by atoms with Crippen LogP contribution in [0.4, 0.5) is 0 Å². The minimum Gasteiger partial charge on any atom is -0.353 e. The first kappa shape index (κ1) is 18.2. The lowest BCUT2D eigenvalue weighted by molar-refractivity contribution is 0.599. The average molecular weight is 364 g/mol. The molecule has 1 aromatic rings. The highest BCUT2D eigenvalue weighted by Crippen LogP contribution is 2.41. The normalized spacial score (nSPS) is 28.2. The number of rotatable bonds is 5. The van der Waals surface area contributed by atoms with Crippen molar-refractivity contribution in [1.82, 2.24) is 10.6 Å². The van der Waals surface area contributed by atoms with Crippen LogP contribution < -0.4 is 10.6 Å². The predicted octanol–water partition coefficient (Wildman–Crippen LogP) is 2.41. The van der Waals surface area contributed by atoms with Gasteiger partial charge in [-0.15, -0.1) is 0 Å². The van der Waals surface area contributed by atoms with Crippen molar-refractivity contribution in [3.63, 3.8) is 0 Å². The summed E-state index contributed by atoms with van der Waals surface area (Å²) in [6, 6.07) is 9.26. The molecule has 3 atom stereocenters. The third-order valence-corrected chi connectivity index (χ3v) is 6.80. The second kappa shape index (κ2) is 7.36. The van der Waals surface area contributed by atoms with E-state index in [1.807, 2.05) is 6.92 Å². The van der Waals surface area contributed by atoms with Crippen molar-refractivity contribution in [3.05, 3.63) is 35.4 Å².